The third-order valence-corrected chi connectivity index (χ3v) is 13.5. The van der Waals surface area contributed by atoms with Gasteiger partial charge in [0.1, 0.15) is 19.0 Å². The van der Waals surface area contributed by atoms with Gasteiger partial charge in [0.05, 0.1) is 12.5 Å². The third kappa shape index (κ3) is 4.86. The maximum atomic E-state index is 11.8. The van der Waals surface area contributed by atoms with Gasteiger partial charge in [-0.1, -0.05) is 0 Å². The summed E-state index contributed by atoms with van der Waals surface area (Å²) in [5, 5.41) is 0. The molecule has 0 heterocycles. The molecule has 1 saturated carbocycles. The Bertz CT molecular complexity index is 350. The van der Waals surface area contributed by atoms with E-state index in [9.17, 15) is 4.79 Å². The average Bonchev–Trinajstić information content (AvgIpc) is 2.36. The number of esters is 1. The van der Waals surface area contributed by atoms with Crippen molar-refractivity contribution >= 4 is 22.7 Å². The Labute approximate surface area is 122 Å². The Kier molecular flexibility index (Phi) is 6.53. The number of ether oxygens (including phenoxy) is 1. The van der Waals surface area contributed by atoms with E-state index in [0.717, 1.165) is 18.5 Å². The lowest BCUT2D eigenvalue weighted by Crippen LogP contribution is -2.26. The molecular formula is C15H30O2PS+. The number of rotatable bonds is 3. The fourth-order valence-electron chi connectivity index (χ4n) is 2.59. The van der Waals surface area contributed by atoms with E-state index in [0.29, 0.717) is 21.4 Å². The van der Waals surface area contributed by atoms with Crippen molar-refractivity contribution in [2.45, 2.75) is 63.8 Å². The molecule has 0 aromatic rings. The van der Waals surface area contributed by atoms with Crippen molar-refractivity contribution in [1.29, 1.82) is 0 Å². The van der Waals surface area contributed by atoms with Crippen LogP contribution < -0.4 is 0 Å². The van der Waals surface area contributed by atoms with Crippen LogP contribution in [0.1, 0.15) is 53.4 Å². The molecule has 2 atom stereocenters. The molecule has 0 radical (unpaired) electrons. The number of hydrogen-bond donors (Lipinski definition) is 0. The zero-order chi connectivity index (χ0) is 14.6. The van der Waals surface area contributed by atoms with E-state index in [1.54, 1.807) is 0 Å². The molecule has 2 nitrogen and oxygen atoms in total. The Hall–Kier alpha value is 0.120. The van der Waals surface area contributed by atoms with Crippen molar-refractivity contribution in [2.75, 3.05) is 19.5 Å². The number of carbonyl (C=O) groups is 1. The van der Waals surface area contributed by atoms with Gasteiger partial charge in [-0.05, 0) is 63.5 Å². The van der Waals surface area contributed by atoms with Gasteiger partial charge >= 0.3 is 5.97 Å². The van der Waals surface area contributed by atoms with Gasteiger partial charge < -0.3 is 4.74 Å². The molecule has 2 unspecified atom stereocenters. The van der Waals surface area contributed by atoms with Crippen molar-refractivity contribution in [3.63, 3.8) is 0 Å². The highest BCUT2D eigenvalue weighted by atomic mass is 32.5. The van der Waals surface area contributed by atoms with Crippen LogP contribution >= 0.6 is 6.70 Å². The Morgan fingerprint density at radius 1 is 1.26 bits per heavy atom. The predicted octanol–water partition coefficient (Wildman–Crippen LogP) is 4.18. The largest absolute Gasteiger partial charge is 0.466 e. The maximum absolute atomic E-state index is 11.8. The second-order valence-corrected chi connectivity index (χ2v) is 13.8. The van der Waals surface area contributed by atoms with E-state index >= 15 is 0 Å². The summed E-state index contributed by atoms with van der Waals surface area (Å²) in [4.78, 5) is 11.8. The van der Waals surface area contributed by atoms with Gasteiger partial charge in [0.25, 0.3) is 0 Å². The van der Waals surface area contributed by atoms with Crippen LogP contribution in [0.15, 0.2) is 0 Å². The van der Waals surface area contributed by atoms with Gasteiger partial charge in [0, 0.05) is 11.0 Å². The first-order chi connectivity index (χ1) is 8.77. The van der Waals surface area contributed by atoms with Crippen LogP contribution in [0.3, 0.4) is 0 Å². The molecule has 1 aliphatic carbocycles. The van der Waals surface area contributed by atoms with Crippen molar-refractivity contribution in [3.05, 3.63) is 0 Å². The summed E-state index contributed by atoms with van der Waals surface area (Å²) in [5.74, 6) is 0.209. The highest BCUT2D eigenvalue weighted by Crippen LogP contribution is 2.43. The van der Waals surface area contributed by atoms with E-state index in [1.165, 1.54) is 12.8 Å². The molecular weight excluding hydrogens is 275 g/mol. The van der Waals surface area contributed by atoms with E-state index in [-0.39, 0.29) is 18.6 Å². The van der Waals surface area contributed by atoms with Crippen molar-refractivity contribution < 1.29 is 9.53 Å². The lowest BCUT2D eigenvalue weighted by Gasteiger charge is -2.25. The van der Waals surface area contributed by atoms with E-state index in [2.05, 4.69) is 33.7 Å². The molecule has 1 fully saturated rings. The van der Waals surface area contributed by atoms with Crippen molar-refractivity contribution in [2.24, 2.45) is 5.92 Å². The molecule has 0 aliphatic heterocycles. The Morgan fingerprint density at radius 3 is 2.21 bits per heavy atom. The van der Waals surface area contributed by atoms with Gasteiger partial charge in [0.2, 0.25) is 0 Å². The van der Waals surface area contributed by atoms with Gasteiger partial charge in [-0.25, -0.2) is 0 Å². The molecule has 0 aromatic carbocycles. The third-order valence-electron chi connectivity index (χ3n) is 4.15. The van der Waals surface area contributed by atoms with Crippen molar-refractivity contribution in [3.8, 4) is 0 Å². The molecule has 0 aromatic heterocycles. The molecule has 0 N–H and O–H groups in total. The van der Waals surface area contributed by atoms with Gasteiger partial charge in [-0.3, -0.25) is 4.79 Å². The number of carbonyl (C=O) groups excluding carboxylic acids is 1. The fourth-order valence-corrected chi connectivity index (χ4v) is 9.49. The van der Waals surface area contributed by atoms with Crippen LogP contribution in [0.25, 0.3) is 0 Å². The Morgan fingerprint density at radius 2 is 1.79 bits per heavy atom. The second kappa shape index (κ2) is 7.22. The summed E-state index contributed by atoms with van der Waals surface area (Å²) in [6, 6.07) is 0. The molecule has 1 rings (SSSR count). The molecule has 0 bridgehead atoms. The number of hydrogen-bond acceptors (Lipinski definition) is 2. The lowest BCUT2D eigenvalue weighted by molar-refractivity contribution is -0.149. The molecule has 0 saturated heterocycles. The topological polar surface area (TPSA) is 26.3 Å². The molecule has 0 spiro atoms. The maximum Gasteiger partial charge on any atom is 0.308 e. The summed E-state index contributed by atoms with van der Waals surface area (Å²) in [6.45, 7) is 12.0. The molecule has 112 valence electrons. The molecule has 4 heteroatoms. The molecule has 1 aliphatic rings. The monoisotopic (exact) mass is 305 g/mol. The summed E-state index contributed by atoms with van der Waals surface area (Å²) in [7, 11) is 0.494. The normalized spacial score (nSPS) is 26.7. The Balaban J connectivity index is 2.62. The van der Waals surface area contributed by atoms with E-state index in [4.69, 9.17) is 4.74 Å². The van der Waals surface area contributed by atoms with Gasteiger partial charge in [-0.15, -0.1) is 0 Å². The van der Waals surface area contributed by atoms with Crippen LogP contribution in [0.5, 0.6) is 0 Å². The first kappa shape index (κ1) is 17.2. The first-order valence-corrected chi connectivity index (χ1v) is 11.4. The average molecular weight is 305 g/mol. The molecule has 0 amide bonds. The van der Waals surface area contributed by atoms with Gasteiger partial charge in [-0.2, -0.15) is 0 Å². The minimum atomic E-state index is 0.0349. The summed E-state index contributed by atoms with van der Waals surface area (Å²) < 4.78 is 5.58. The van der Waals surface area contributed by atoms with E-state index < -0.39 is 0 Å². The summed E-state index contributed by atoms with van der Waals surface area (Å²) in [5.41, 5.74) is 0.855. The lowest BCUT2D eigenvalue weighted by atomic mass is 9.89. The highest BCUT2D eigenvalue weighted by molar-refractivity contribution is 8.26. The quantitative estimate of drug-likeness (QED) is 0.577. The van der Waals surface area contributed by atoms with Crippen LogP contribution in [0.4, 0.5) is 0 Å². The zero-order valence-corrected chi connectivity index (χ0v) is 15.1. The van der Waals surface area contributed by atoms with Crippen LogP contribution in [0.2, 0.25) is 0 Å². The fraction of sp³-hybridized carbons (Fsp3) is 0.933. The minimum Gasteiger partial charge on any atom is -0.466 e. The SMILES string of the molecule is CCOC(=O)C1CCC([P+](C)=S(C)C(C)(C)C)CC1. The van der Waals surface area contributed by atoms with E-state index in [1.807, 2.05) is 6.92 Å². The summed E-state index contributed by atoms with van der Waals surface area (Å²) in [6.07, 6.45) is 6.95. The second-order valence-electron chi connectivity index (χ2n) is 6.39. The zero-order valence-electron chi connectivity index (χ0n) is 13.4. The standard InChI is InChI=1S/C15H30O2PS/c1-7-17-14(16)12-8-10-13(11-9-12)18(5)19(6)15(2,3)4/h12-13H,7-11H2,1-6H3/q+1. The smallest absolute Gasteiger partial charge is 0.308 e. The van der Waals surface area contributed by atoms with Crippen LogP contribution in [0, 0.1) is 5.92 Å². The highest BCUT2D eigenvalue weighted by Gasteiger charge is 2.35. The minimum absolute atomic E-state index is 0.0349. The van der Waals surface area contributed by atoms with Gasteiger partial charge in [0.15, 0.2) is 0 Å². The van der Waals surface area contributed by atoms with Crippen LogP contribution in [-0.4, -0.2) is 35.9 Å². The predicted molar refractivity (Wildman–Crippen MR) is 88.3 cm³/mol. The summed E-state index contributed by atoms with van der Waals surface area (Å²) >= 11 is 0. The first-order valence-electron chi connectivity index (χ1n) is 7.33. The van der Waals surface area contributed by atoms with Crippen LogP contribution in [-0.2, 0) is 19.6 Å². The van der Waals surface area contributed by atoms with Crippen molar-refractivity contribution in [1.82, 2.24) is 0 Å². The molecule has 19 heavy (non-hydrogen) atoms.